The zero-order valence-corrected chi connectivity index (χ0v) is 13.9. The van der Waals surface area contributed by atoms with Crippen LogP contribution in [0.1, 0.15) is 5.56 Å². The van der Waals surface area contributed by atoms with Crippen molar-refractivity contribution in [3.8, 4) is 9.89 Å². The Morgan fingerprint density at radius 2 is 0.952 bits per heavy atom. The van der Waals surface area contributed by atoms with Gasteiger partial charge in [-0.05, 0) is 0 Å². The van der Waals surface area contributed by atoms with Crippen LogP contribution in [0.3, 0.4) is 0 Å². The molecular weight excluding hydrogens is 369 g/mol. The van der Waals surface area contributed by atoms with Gasteiger partial charge in [0.2, 0.25) is 0 Å². The van der Waals surface area contributed by atoms with Gasteiger partial charge in [0.15, 0.2) is 0 Å². The van der Waals surface area contributed by atoms with Crippen molar-refractivity contribution in [2.45, 2.75) is 0 Å². The average Bonchev–Trinajstić information content (AvgIpc) is 2.58. The molecule has 0 aliphatic rings. The fraction of sp³-hybridized carbons (Fsp3) is 0. The van der Waals surface area contributed by atoms with E-state index < -0.39 is 19.6 Å². The molecule has 1 heteroatoms. The molecule has 0 radical (unpaired) electrons. The van der Waals surface area contributed by atoms with Crippen LogP contribution in [-0.4, -0.2) is 19.6 Å². The van der Waals surface area contributed by atoms with E-state index in [0.29, 0.717) is 0 Å². The van der Waals surface area contributed by atoms with Crippen molar-refractivity contribution >= 4 is 26.8 Å². The quantitative estimate of drug-likeness (QED) is 0.362. The Balaban J connectivity index is 2.00. The third-order valence-corrected chi connectivity index (χ3v) is 8.15. The predicted octanol–water partition coefficient (Wildman–Crippen LogP) is 2.89. The molecule has 0 heterocycles. The second-order valence-corrected chi connectivity index (χ2v) is 9.55. The first-order valence-corrected chi connectivity index (χ1v) is 10.3. The molecule has 21 heavy (non-hydrogen) atoms. The molecule has 0 nitrogen and oxygen atoms in total. The molecule has 100 valence electrons. The minimum atomic E-state index is -1.84. The molecule has 0 fully saturated rings. The van der Waals surface area contributed by atoms with E-state index in [9.17, 15) is 0 Å². The first-order chi connectivity index (χ1) is 10.4. The van der Waals surface area contributed by atoms with Crippen molar-refractivity contribution in [2.75, 3.05) is 0 Å². The molecule has 0 spiro atoms. The Labute approximate surface area is 133 Å². The van der Waals surface area contributed by atoms with Gasteiger partial charge in [0.05, 0.1) is 0 Å². The van der Waals surface area contributed by atoms with Gasteiger partial charge in [0.25, 0.3) is 0 Å². The molecule has 0 saturated carbocycles. The Morgan fingerprint density at radius 3 is 1.43 bits per heavy atom. The molecule has 0 bridgehead atoms. The van der Waals surface area contributed by atoms with Gasteiger partial charge < -0.3 is 0 Å². The Hall–Kier alpha value is -1.99. The van der Waals surface area contributed by atoms with E-state index in [1.54, 1.807) is 0 Å². The number of hydrogen-bond acceptors (Lipinski definition) is 0. The summed E-state index contributed by atoms with van der Waals surface area (Å²) >= 11 is -1.84. The Bertz CT molecular complexity index is 698. The first-order valence-electron chi connectivity index (χ1n) is 6.84. The van der Waals surface area contributed by atoms with E-state index in [-0.39, 0.29) is 0 Å². The van der Waals surface area contributed by atoms with E-state index in [1.165, 1.54) is 7.22 Å². The third kappa shape index (κ3) is 3.77. The summed E-state index contributed by atoms with van der Waals surface area (Å²) in [6.07, 6.45) is 0. The summed E-state index contributed by atoms with van der Waals surface area (Å²) in [5.41, 5.74) is 1.09. The molecule has 3 rings (SSSR count). The summed E-state index contributed by atoms with van der Waals surface area (Å²) in [6, 6.07) is 31.6. The van der Waals surface area contributed by atoms with Crippen molar-refractivity contribution in [1.82, 2.24) is 0 Å². The van der Waals surface area contributed by atoms with E-state index in [0.717, 1.165) is 5.56 Å². The van der Waals surface area contributed by atoms with Crippen LogP contribution in [0.5, 0.6) is 0 Å². The van der Waals surface area contributed by atoms with Gasteiger partial charge in [-0.2, -0.15) is 0 Å². The number of rotatable bonds is 2. The molecule has 0 unspecified atom stereocenters. The summed E-state index contributed by atoms with van der Waals surface area (Å²) in [6.45, 7) is 0. The molecule has 0 atom stereocenters. The summed E-state index contributed by atoms with van der Waals surface area (Å²) in [7, 11) is 0. The summed E-state index contributed by atoms with van der Waals surface area (Å²) in [5, 5.41) is 0. The van der Waals surface area contributed by atoms with Gasteiger partial charge >= 0.3 is 133 Å². The molecule has 0 aliphatic heterocycles. The van der Waals surface area contributed by atoms with Crippen LogP contribution in [0, 0.1) is 9.89 Å². The molecule has 0 amide bonds. The van der Waals surface area contributed by atoms with Crippen LogP contribution < -0.4 is 7.22 Å². The van der Waals surface area contributed by atoms with Gasteiger partial charge in [-0.25, -0.2) is 0 Å². The summed E-state index contributed by atoms with van der Waals surface area (Å²) in [5.74, 6) is 3.37. The Morgan fingerprint density at radius 1 is 0.524 bits per heavy atom. The van der Waals surface area contributed by atoms with Crippen molar-refractivity contribution in [1.29, 1.82) is 0 Å². The predicted molar refractivity (Wildman–Crippen MR) is 91.2 cm³/mol. The van der Waals surface area contributed by atoms with Gasteiger partial charge in [0.1, 0.15) is 0 Å². The molecule has 0 N–H and O–H groups in total. The SMILES string of the molecule is C(#[13C]c1ccccc1)[Te+](c1ccccc1)c1ccccc1. The van der Waals surface area contributed by atoms with E-state index in [1.807, 2.05) is 18.2 Å². The first kappa shape index (κ1) is 14.0. The standard InChI is InChI=1S/C20H15Te/c1-4-10-18(11-5-1)16-17-21(19-12-6-2-7-13-19)20-14-8-3-9-15-20/h1-15H/q+1/i16+1. The Kier molecular flexibility index (Phi) is 4.75. The molecule has 3 aromatic rings. The average molecular weight is 384 g/mol. The molecular formula is C20H15Te+. The van der Waals surface area contributed by atoms with Crippen LogP contribution >= 0.6 is 0 Å². The molecule has 0 saturated heterocycles. The molecule has 0 aromatic heterocycles. The second kappa shape index (κ2) is 7.14. The van der Waals surface area contributed by atoms with E-state index in [2.05, 4.69) is 82.7 Å². The maximum atomic E-state index is 3.59. The monoisotopic (exact) mass is 386 g/mol. The van der Waals surface area contributed by atoms with Gasteiger partial charge in [-0.15, -0.1) is 0 Å². The fourth-order valence-electron chi connectivity index (χ4n) is 2.00. The molecule has 0 aliphatic carbocycles. The summed E-state index contributed by atoms with van der Waals surface area (Å²) in [4.78, 5) is 0. The minimum absolute atomic E-state index is 1.09. The normalized spacial score (nSPS) is 9.95. The maximum absolute atomic E-state index is 3.59. The van der Waals surface area contributed by atoms with Crippen LogP contribution in [0.25, 0.3) is 0 Å². The van der Waals surface area contributed by atoms with Gasteiger partial charge in [-0.3, -0.25) is 0 Å². The van der Waals surface area contributed by atoms with Crippen molar-refractivity contribution in [2.24, 2.45) is 0 Å². The number of hydrogen-bond donors (Lipinski definition) is 0. The summed E-state index contributed by atoms with van der Waals surface area (Å²) < 4.78 is 6.39. The van der Waals surface area contributed by atoms with Crippen LogP contribution in [-0.2, 0) is 0 Å². The second-order valence-electron chi connectivity index (χ2n) is 4.53. The van der Waals surface area contributed by atoms with Gasteiger partial charge in [-0.1, -0.05) is 0 Å². The zero-order chi connectivity index (χ0) is 14.3. The third-order valence-electron chi connectivity index (χ3n) is 3.03. The van der Waals surface area contributed by atoms with Gasteiger partial charge in [0, 0.05) is 0 Å². The zero-order valence-electron chi connectivity index (χ0n) is 11.6. The van der Waals surface area contributed by atoms with Crippen molar-refractivity contribution in [3.05, 3.63) is 96.6 Å². The molecule has 3 aromatic carbocycles. The van der Waals surface area contributed by atoms with Crippen molar-refractivity contribution in [3.63, 3.8) is 0 Å². The van der Waals surface area contributed by atoms with Crippen molar-refractivity contribution < 1.29 is 0 Å². The van der Waals surface area contributed by atoms with E-state index >= 15 is 0 Å². The van der Waals surface area contributed by atoms with E-state index in [4.69, 9.17) is 0 Å². The fourth-order valence-corrected chi connectivity index (χ4v) is 6.53. The number of benzene rings is 3. The van der Waals surface area contributed by atoms with Crippen LogP contribution in [0.2, 0.25) is 0 Å². The topological polar surface area (TPSA) is 0 Å². The van der Waals surface area contributed by atoms with Crippen LogP contribution in [0.15, 0.2) is 91.0 Å². The van der Waals surface area contributed by atoms with Crippen LogP contribution in [0.4, 0.5) is 0 Å².